The molecule has 1 aromatic carbocycles. The Balaban J connectivity index is 0.00000320. The van der Waals surface area contributed by atoms with Crippen molar-refractivity contribution in [2.24, 2.45) is 4.99 Å². The maximum atomic E-state index is 5.50. The summed E-state index contributed by atoms with van der Waals surface area (Å²) in [6, 6.07) is 6.31. The quantitative estimate of drug-likeness (QED) is 0.328. The Hall–Kier alpha value is -1.62. The molecular weight excluding hydrogens is 511 g/mol. The van der Waals surface area contributed by atoms with Crippen LogP contribution in [-0.4, -0.2) is 66.6 Å². The lowest BCUT2D eigenvalue weighted by Crippen LogP contribution is -2.52. The second-order valence-electron chi connectivity index (χ2n) is 7.12. The molecule has 1 N–H and O–H groups in total. The zero-order chi connectivity index (χ0) is 20.6. The van der Waals surface area contributed by atoms with Crippen molar-refractivity contribution in [2.75, 3.05) is 51.3 Å². The smallest absolute Gasteiger partial charge is 0.205 e. The molecule has 0 amide bonds. The topological polar surface area (TPSA) is 65.9 Å². The van der Waals surface area contributed by atoms with E-state index in [2.05, 4.69) is 57.4 Å². The summed E-state index contributed by atoms with van der Waals surface area (Å²) >= 11 is 1.51. The molecule has 0 atom stereocenters. The van der Waals surface area contributed by atoms with E-state index in [0.717, 1.165) is 74.8 Å². The molecule has 7 nitrogen and oxygen atoms in total. The lowest BCUT2D eigenvalue weighted by Gasteiger charge is -2.36. The molecule has 0 spiro atoms. The molecule has 1 aliphatic rings. The van der Waals surface area contributed by atoms with Crippen molar-refractivity contribution in [1.29, 1.82) is 0 Å². The fourth-order valence-electron chi connectivity index (χ4n) is 3.44. The molecular formula is C21H33IN6OS. The van der Waals surface area contributed by atoms with Crippen molar-refractivity contribution < 1.29 is 4.74 Å². The van der Waals surface area contributed by atoms with E-state index in [1.165, 1.54) is 22.7 Å². The minimum atomic E-state index is 0. The number of guanidine groups is 1. The number of piperazine rings is 1. The van der Waals surface area contributed by atoms with Gasteiger partial charge in [-0.2, -0.15) is 4.37 Å². The third-order valence-corrected chi connectivity index (χ3v) is 5.85. The van der Waals surface area contributed by atoms with Crippen LogP contribution in [0.3, 0.4) is 0 Å². The Morgan fingerprint density at radius 1 is 1.23 bits per heavy atom. The summed E-state index contributed by atoms with van der Waals surface area (Å²) in [5.74, 6) is 2.87. The van der Waals surface area contributed by atoms with Crippen molar-refractivity contribution in [3.8, 4) is 5.75 Å². The monoisotopic (exact) mass is 544 g/mol. The highest BCUT2D eigenvalue weighted by molar-refractivity contribution is 14.0. The van der Waals surface area contributed by atoms with Crippen LogP contribution in [0.1, 0.15) is 30.8 Å². The van der Waals surface area contributed by atoms with Gasteiger partial charge in [-0.25, -0.2) is 4.98 Å². The van der Waals surface area contributed by atoms with Crippen LogP contribution in [0.15, 0.2) is 23.2 Å². The molecule has 1 fully saturated rings. The van der Waals surface area contributed by atoms with E-state index >= 15 is 0 Å². The van der Waals surface area contributed by atoms with Crippen LogP contribution in [0, 0.1) is 6.92 Å². The number of hydrogen-bond acceptors (Lipinski definition) is 6. The Morgan fingerprint density at radius 3 is 2.63 bits per heavy atom. The minimum absolute atomic E-state index is 0. The first-order valence-corrected chi connectivity index (χ1v) is 11.2. The average Bonchev–Trinajstić information content (AvgIpc) is 3.23. The van der Waals surface area contributed by atoms with Crippen LogP contribution in [0.5, 0.6) is 5.75 Å². The molecule has 1 aliphatic heterocycles. The molecule has 0 bridgehead atoms. The van der Waals surface area contributed by atoms with Gasteiger partial charge in [0.2, 0.25) is 5.13 Å². The van der Waals surface area contributed by atoms with Crippen LogP contribution >= 0.6 is 35.5 Å². The molecule has 0 aliphatic carbocycles. The van der Waals surface area contributed by atoms with Gasteiger partial charge >= 0.3 is 0 Å². The minimum Gasteiger partial charge on any atom is -0.496 e. The number of aryl methyl sites for hydroxylation is 2. The van der Waals surface area contributed by atoms with Gasteiger partial charge in [0.15, 0.2) is 5.96 Å². The van der Waals surface area contributed by atoms with Crippen molar-refractivity contribution in [3.05, 3.63) is 35.2 Å². The molecule has 9 heteroatoms. The SMILES string of the molecule is CCNC(=NCCc1cc(C)ccc1OC)N1CCN(c2nc(CC)ns2)CC1.I. The second kappa shape index (κ2) is 12.3. The van der Waals surface area contributed by atoms with Gasteiger partial charge in [0.25, 0.3) is 0 Å². The van der Waals surface area contributed by atoms with Crippen LogP contribution in [0.2, 0.25) is 0 Å². The van der Waals surface area contributed by atoms with Gasteiger partial charge in [0.05, 0.1) is 7.11 Å². The average molecular weight is 545 g/mol. The van der Waals surface area contributed by atoms with Crippen LogP contribution < -0.4 is 15.0 Å². The zero-order valence-electron chi connectivity index (χ0n) is 18.3. The summed E-state index contributed by atoms with van der Waals surface area (Å²) in [5, 5.41) is 4.48. The summed E-state index contributed by atoms with van der Waals surface area (Å²) in [5.41, 5.74) is 2.45. The summed E-state index contributed by atoms with van der Waals surface area (Å²) in [6.07, 6.45) is 1.75. The lowest BCUT2D eigenvalue weighted by molar-refractivity contribution is 0.372. The molecule has 2 aromatic rings. The molecule has 30 heavy (non-hydrogen) atoms. The number of benzene rings is 1. The van der Waals surface area contributed by atoms with Crippen LogP contribution in [0.4, 0.5) is 5.13 Å². The number of aromatic nitrogens is 2. The third-order valence-electron chi connectivity index (χ3n) is 5.04. The van der Waals surface area contributed by atoms with Crippen molar-refractivity contribution >= 4 is 46.6 Å². The number of rotatable bonds is 7. The molecule has 166 valence electrons. The number of halogens is 1. The van der Waals surface area contributed by atoms with E-state index in [4.69, 9.17) is 9.73 Å². The van der Waals surface area contributed by atoms with Crippen molar-refractivity contribution in [2.45, 2.75) is 33.6 Å². The number of nitrogens with zero attached hydrogens (tertiary/aromatic N) is 5. The van der Waals surface area contributed by atoms with E-state index in [1.807, 2.05) is 6.07 Å². The van der Waals surface area contributed by atoms with E-state index in [9.17, 15) is 0 Å². The highest BCUT2D eigenvalue weighted by Crippen LogP contribution is 2.21. The number of ether oxygens (including phenoxy) is 1. The van der Waals surface area contributed by atoms with E-state index in [0.29, 0.717) is 0 Å². The van der Waals surface area contributed by atoms with E-state index in [1.54, 1.807) is 7.11 Å². The number of nitrogens with one attached hydrogen (secondary N) is 1. The van der Waals surface area contributed by atoms with Gasteiger partial charge in [-0.3, -0.25) is 4.99 Å². The Bertz CT molecular complexity index is 820. The largest absolute Gasteiger partial charge is 0.496 e. The second-order valence-corrected chi connectivity index (χ2v) is 7.85. The first-order chi connectivity index (χ1) is 14.1. The Kier molecular flexibility index (Phi) is 10.1. The van der Waals surface area contributed by atoms with Gasteiger partial charge in [-0.1, -0.05) is 24.6 Å². The molecule has 0 unspecified atom stereocenters. The predicted octanol–water partition coefficient (Wildman–Crippen LogP) is 3.37. The number of anilines is 1. The maximum absolute atomic E-state index is 5.50. The van der Waals surface area contributed by atoms with Crippen LogP contribution in [-0.2, 0) is 12.8 Å². The molecule has 1 saturated heterocycles. The summed E-state index contributed by atoms with van der Waals surface area (Å²) in [4.78, 5) is 14.2. The molecule has 0 saturated carbocycles. The van der Waals surface area contributed by atoms with Gasteiger partial charge < -0.3 is 19.9 Å². The fraction of sp³-hybridized carbons (Fsp3) is 0.571. The first-order valence-electron chi connectivity index (χ1n) is 10.4. The van der Waals surface area contributed by atoms with E-state index < -0.39 is 0 Å². The maximum Gasteiger partial charge on any atom is 0.205 e. The molecule has 3 rings (SSSR count). The summed E-state index contributed by atoms with van der Waals surface area (Å²) < 4.78 is 9.91. The molecule has 0 radical (unpaired) electrons. The Morgan fingerprint density at radius 2 is 2.00 bits per heavy atom. The lowest BCUT2D eigenvalue weighted by atomic mass is 10.1. The standard InChI is InChI=1S/C21H32N6OS.HI/c1-5-19-24-21(29-25-19)27-13-11-26(12-14-27)20(22-6-2)23-10-9-17-15-16(3)7-8-18(17)28-4;/h7-8,15H,5-6,9-14H2,1-4H3,(H,22,23);1H. The summed E-state index contributed by atoms with van der Waals surface area (Å²) in [6.45, 7) is 11.7. The van der Waals surface area contributed by atoms with Gasteiger partial charge in [-0.05, 0) is 31.9 Å². The number of hydrogen-bond donors (Lipinski definition) is 1. The molecule has 1 aromatic heterocycles. The predicted molar refractivity (Wildman–Crippen MR) is 136 cm³/mol. The number of aliphatic imine (C=N–C) groups is 1. The highest BCUT2D eigenvalue weighted by atomic mass is 127. The van der Waals surface area contributed by atoms with Gasteiger partial charge in [-0.15, -0.1) is 24.0 Å². The van der Waals surface area contributed by atoms with Crippen molar-refractivity contribution in [1.82, 2.24) is 19.6 Å². The fourth-order valence-corrected chi connectivity index (χ4v) is 4.24. The number of methoxy groups -OCH3 is 1. The van der Waals surface area contributed by atoms with Gasteiger partial charge in [0.1, 0.15) is 11.6 Å². The van der Waals surface area contributed by atoms with Gasteiger partial charge in [0, 0.05) is 57.2 Å². The van der Waals surface area contributed by atoms with Crippen molar-refractivity contribution in [3.63, 3.8) is 0 Å². The first kappa shape index (κ1) is 24.6. The summed E-state index contributed by atoms with van der Waals surface area (Å²) in [7, 11) is 1.72. The van der Waals surface area contributed by atoms with E-state index in [-0.39, 0.29) is 24.0 Å². The highest BCUT2D eigenvalue weighted by Gasteiger charge is 2.22. The molecule has 2 heterocycles. The Labute approximate surface area is 201 Å². The normalized spacial score (nSPS) is 14.5. The third kappa shape index (κ3) is 6.44. The van der Waals surface area contributed by atoms with Crippen LogP contribution in [0.25, 0.3) is 0 Å². The zero-order valence-corrected chi connectivity index (χ0v) is 21.5.